The van der Waals surface area contributed by atoms with Crippen LogP contribution in [-0.2, 0) is 16.6 Å². The number of carbonyl (C=O) groups is 2. The minimum atomic E-state index is 0.00700. The molecule has 1 aromatic rings. The molecule has 0 radical (unpaired) electrons. The molecule has 1 atom stereocenters. The van der Waals surface area contributed by atoms with Gasteiger partial charge in [-0.3, -0.25) is 9.59 Å². The lowest BCUT2D eigenvalue weighted by atomic mass is 9.59. The molecule has 1 aliphatic carbocycles. The van der Waals surface area contributed by atoms with Gasteiger partial charge in [-0.25, -0.2) is 0 Å². The third kappa shape index (κ3) is 3.13. The summed E-state index contributed by atoms with van der Waals surface area (Å²) in [4.78, 5) is 26.1. The van der Waals surface area contributed by atoms with Gasteiger partial charge in [-0.2, -0.15) is 0 Å². The van der Waals surface area contributed by atoms with Crippen molar-refractivity contribution >= 4 is 11.8 Å². The molecular formula is C17H25N3O3. The van der Waals surface area contributed by atoms with Gasteiger partial charge in [0.1, 0.15) is 6.61 Å². The summed E-state index contributed by atoms with van der Waals surface area (Å²) in [5, 5.41) is 3.20. The first kappa shape index (κ1) is 16.1. The molecule has 126 valence electrons. The molecule has 1 saturated heterocycles. The maximum Gasteiger partial charge on any atom is 0.253 e. The van der Waals surface area contributed by atoms with E-state index in [1.165, 1.54) is 0 Å². The minimum Gasteiger partial charge on any atom is -0.375 e. The predicted octanol–water partition coefficient (Wildman–Crippen LogP) is 1.17. The van der Waals surface area contributed by atoms with Gasteiger partial charge in [-0.15, -0.1) is 0 Å². The number of rotatable bonds is 4. The van der Waals surface area contributed by atoms with Gasteiger partial charge < -0.3 is 19.5 Å². The molecule has 0 unspecified atom stereocenters. The Morgan fingerprint density at radius 1 is 1.35 bits per heavy atom. The van der Waals surface area contributed by atoms with Crippen molar-refractivity contribution in [2.24, 2.45) is 12.5 Å². The first-order valence-electron chi connectivity index (χ1n) is 8.24. The molecule has 2 fully saturated rings. The van der Waals surface area contributed by atoms with E-state index in [9.17, 15) is 9.59 Å². The van der Waals surface area contributed by atoms with Gasteiger partial charge in [-0.05, 0) is 37.2 Å². The number of amides is 2. The molecule has 2 heterocycles. The first-order valence-corrected chi connectivity index (χ1v) is 8.24. The van der Waals surface area contributed by atoms with E-state index in [2.05, 4.69) is 5.32 Å². The summed E-state index contributed by atoms with van der Waals surface area (Å²) in [5.41, 5.74) is 0.885. The van der Waals surface area contributed by atoms with E-state index >= 15 is 0 Å². The fraction of sp³-hybridized carbons (Fsp3) is 0.647. The van der Waals surface area contributed by atoms with E-state index in [0.717, 1.165) is 38.8 Å². The smallest absolute Gasteiger partial charge is 0.253 e. The molecular weight excluding hydrogens is 294 g/mol. The highest BCUT2D eigenvalue weighted by molar-refractivity contribution is 5.94. The summed E-state index contributed by atoms with van der Waals surface area (Å²) in [6, 6.07) is 2.07. The molecule has 0 bridgehead atoms. The van der Waals surface area contributed by atoms with Crippen LogP contribution >= 0.6 is 0 Å². The Balaban J connectivity index is 1.55. The summed E-state index contributed by atoms with van der Waals surface area (Å²) >= 11 is 0. The zero-order chi connectivity index (χ0) is 16.4. The van der Waals surface area contributed by atoms with Crippen molar-refractivity contribution in [3.8, 4) is 0 Å². The predicted molar refractivity (Wildman–Crippen MR) is 86.0 cm³/mol. The third-order valence-corrected chi connectivity index (χ3v) is 5.45. The number of aryl methyl sites for hydroxylation is 1. The zero-order valence-corrected chi connectivity index (χ0v) is 13.9. The highest BCUT2D eigenvalue weighted by Crippen LogP contribution is 2.49. The Hall–Kier alpha value is -1.82. The standard InChI is InChI=1S/C17H25N3O3/c1-19-8-4-13(11-19)16(22)18-14-3-5-17(14)6-9-20(10-7-17)15(21)12-23-2/h4,8,11,14H,3,5-7,9-10,12H2,1-2H3,(H,18,22)/t14-/m0/s1. The maximum atomic E-state index is 12.3. The molecule has 3 rings (SSSR count). The topological polar surface area (TPSA) is 63.6 Å². The van der Waals surface area contributed by atoms with Crippen LogP contribution in [0, 0.1) is 5.41 Å². The fourth-order valence-electron chi connectivity index (χ4n) is 3.82. The lowest BCUT2D eigenvalue weighted by Gasteiger charge is -2.54. The lowest BCUT2D eigenvalue weighted by molar-refractivity contribution is -0.139. The molecule has 6 heteroatoms. The molecule has 1 aliphatic heterocycles. The van der Waals surface area contributed by atoms with Crippen molar-refractivity contribution in [1.29, 1.82) is 0 Å². The molecule has 1 spiro atoms. The second-order valence-corrected chi connectivity index (χ2v) is 6.81. The summed E-state index contributed by atoms with van der Waals surface area (Å²) in [5.74, 6) is 0.0686. The average molecular weight is 319 g/mol. The van der Waals surface area contributed by atoms with Crippen LogP contribution in [0.25, 0.3) is 0 Å². The number of methoxy groups -OCH3 is 1. The minimum absolute atomic E-state index is 0.00700. The molecule has 1 aromatic heterocycles. The SMILES string of the molecule is COCC(=O)N1CCC2(CC[C@@H]2NC(=O)c2ccn(C)c2)CC1. The normalized spacial score (nSPS) is 22.7. The van der Waals surface area contributed by atoms with E-state index in [-0.39, 0.29) is 29.9 Å². The molecule has 1 saturated carbocycles. The monoisotopic (exact) mass is 319 g/mol. The van der Waals surface area contributed by atoms with Crippen LogP contribution < -0.4 is 5.32 Å². The third-order valence-electron chi connectivity index (χ3n) is 5.45. The summed E-state index contributed by atoms with van der Waals surface area (Å²) < 4.78 is 6.80. The number of piperidine rings is 1. The van der Waals surface area contributed by atoms with Crippen LogP contribution in [0.4, 0.5) is 0 Å². The van der Waals surface area contributed by atoms with Gasteiger partial charge >= 0.3 is 0 Å². The zero-order valence-electron chi connectivity index (χ0n) is 13.9. The van der Waals surface area contributed by atoms with E-state index in [4.69, 9.17) is 4.74 Å². The fourth-order valence-corrected chi connectivity index (χ4v) is 3.82. The molecule has 2 aliphatic rings. The van der Waals surface area contributed by atoms with E-state index in [0.29, 0.717) is 5.56 Å². The molecule has 23 heavy (non-hydrogen) atoms. The Kier molecular flexibility index (Phi) is 4.43. The van der Waals surface area contributed by atoms with Gasteiger partial charge in [0.05, 0.1) is 5.56 Å². The van der Waals surface area contributed by atoms with Crippen LogP contribution in [0.2, 0.25) is 0 Å². The Morgan fingerprint density at radius 3 is 2.61 bits per heavy atom. The number of hydrogen-bond acceptors (Lipinski definition) is 3. The largest absolute Gasteiger partial charge is 0.375 e. The summed E-state index contributed by atoms with van der Waals surface area (Å²) in [6.07, 6.45) is 7.81. The van der Waals surface area contributed by atoms with Crippen LogP contribution in [-0.4, -0.2) is 54.1 Å². The number of hydrogen-bond donors (Lipinski definition) is 1. The number of aromatic nitrogens is 1. The average Bonchev–Trinajstić information content (AvgIpc) is 2.98. The van der Waals surface area contributed by atoms with Crippen LogP contribution in [0.1, 0.15) is 36.0 Å². The highest BCUT2D eigenvalue weighted by Gasteiger charge is 2.49. The van der Waals surface area contributed by atoms with E-state index < -0.39 is 0 Å². The van der Waals surface area contributed by atoms with Crippen LogP contribution in [0.3, 0.4) is 0 Å². The molecule has 0 aromatic carbocycles. The highest BCUT2D eigenvalue weighted by atomic mass is 16.5. The first-order chi connectivity index (χ1) is 11.0. The molecule has 2 amide bonds. The van der Waals surface area contributed by atoms with Gasteiger partial charge in [0.25, 0.3) is 5.91 Å². The second kappa shape index (κ2) is 6.35. The van der Waals surface area contributed by atoms with Crippen molar-refractivity contribution in [3.05, 3.63) is 24.0 Å². The molecule has 1 N–H and O–H groups in total. The number of carbonyl (C=O) groups excluding carboxylic acids is 2. The van der Waals surface area contributed by atoms with Crippen molar-refractivity contribution in [3.63, 3.8) is 0 Å². The number of nitrogens with one attached hydrogen (secondary N) is 1. The van der Waals surface area contributed by atoms with Crippen molar-refractivity contribution in [1.82, 2.24) is 14.8 Å². The number of ether oxygens (including phenoxy) is 1. The number of nitrogens with zero attached hydrogens (tertiary/aromatic N) is 2. The lowest BCUT2D eigenvalue weighted by Crippen LogP contribution is -2.59. The van der Waals surface area contributed by atoms with Crippen molar-refractivity contribution in [2.45, 2.75) is 31.7 Å². The second-order valence-electron chi connectivity index (χ2n) is 6.81. The van der Waals surface area contributed by atoms with Gasteiger partial charge in [-0.1, -0.05) is 0 Å². The van der Waals surface area contributed by atoms with Gasteiger partial charge in [0, 0.05) is 45.7 Å². The van der Waals surface area contributed by atoms with Gasteiger partial charge in [0.15, 0.2) is 0 Å². The Labute approximate surface area is 136 Å². The van der Waals surface area contributed by atoms with Crippen molar-refractivity contribution in [2.75, 3.05) is 26.8 Å². The van der Waals surface area contributed by atoms with Crippen LogP contribution in [0.5, 0.6) is 0 Å². The van der Waals surface area contributed by atoms with E-state index in [1.54, 1.807) is 7.11 Å². The Bertz CT molecular complexity index is 588. The van der Waals surface area contributed by atoms with Crippen LogP contribution in [0.15, 0.2) is 18.5 Å². The Morgan fingerprint density at radius 2 is 2.09 bits per heavy atom. The van der Waals surface area contributed by atoms with Crippen molar-refractivity contribution < 1.29 is 14.3 Å². The van der Waals surface area contributed by atoms with E-state index in [1.807, 2.05) is 35.0 Å². The quantitative estimate of drug-likeness (QED) is 0.906. The van der Waals surface area contributed by atoms with Gasteiger partial charge in [0.2, 0.25) is 5.91 Å². The maximum absolute atomic E-state index is 12.3. The molecule has 6 nitrogen and oxygen atoms in total. The summed E-state index contributed by atoms with van der Waals surface area (Å²) in [6.45, 7) is 1.68. The summed E-state index contributed by atoms with van der Waals surface area (Å²) in [7, 11) is 3.46. The number of likely N-dealkylation sites (tertiary alicyclic amines) is 1.